The van der Waals surface area contributed by atoms with Crippen LogP contribution < -0.4 is 5.32 Å². The van der Waals surface area contributed by atoms with E-state index in [2.05, 4.69) is 20.8 Å². The number of nitrogens with one attached hydrogen (secondary N) is 1. The molecule has 2 saturated heterocycles. The molecule has 1 N–H and O–H groups in total. The summed E-state index contributed by atoms with van der Waals surface area (Å²) in [6.45, 7) is 2.78. The molecule has 2 fully saturated rings. The van der Waals surface area contributed by atoms with Crippen LogP contribution in [-0.4, -0.2) is 83.6 Å². The lowest BCUT2D eigenvalue weighted by Crippen LogP contribution is -2.40. The van der Waals surface area contributed by atoms with E-state index < -0.39 is 10.0 Å². The maximum atomic E-state index is 12.7. The summed E-state index contributed by atoms with van der Waals surface area (Å²) in [4.78, 5) is 12.5. The lowest BCUT2D eigenvalue weighted by Gasteiger charge is -2.26. The highest BCUT2D eigenvalue weighted by Gasteiger charge is 2.26. The van der Waals surface area contributed by atoms with Gasteiger partial charge in [-0.3, -0.25) is 4.79 Å². The van der Waals surface area contributed by atoms with Crippen molar-refractivity contribution in [2.75, 3.05) is 44.0 Å². The highest BCUT2D eigenvalue weighted by molar-refractivity contribution is 7.99. The van der Waals surface area contributed by atoms with Gasteiger partial charge in [0.25, 0.3) is 0 Å². The Bertz CT molecular complexity index is 985. The molecular formula is C18H24N6O5S2. The molecule has 168 valence electrons. The molecule has 13 heteroatoms. The lowest BCUT2D eigenvalue weighted by atomic mass is 10.2. The Morgan fingerprint density at radius 2 is 1.97 bits per heavy atom. The van der Waals surface area contributed by atoms with Gasteiger partial charge in [0, 0.05) is 25.4 Å². The molecule has 1 aromatic heterocycles. The van der Waals surface area contributed by atoms with Gasteiger partial charge in [-0.05, 0) is 47.5 Å². The minimum absolute atomic E-state index is 0.101. The Morgan fingerprint density at radius 3 is 2.68 bits per heavy atom. The van der Waals surface area contributed by atoms with Gasteiger partial charge in [0.05, 0.1) is 36.5 Å². The summed E-state index contributed by atoms with van der Waals surface area (Å²) in [5, 5.41) is 14.9. The van der Waals surface area contributed by atoms with Crippen molar-refractivity contribution in [2.45, 2.75) is 35.5 Å². The average Bonchev–Trinajstić information content (AvgIpc) is 3.46. The zero-order chi connectivity index (χ0) is 21.7. The van der Waals surface area contributed by atoms with Gasteiger partial charge in [-0.25, -0.2) is 13.1 Å². The third-order valence-electron chi connectivity index (χ3n) is 4.98. The number of hydrogen-bond donors (Lipinski definition) is 1. The Hall–Kier alpha value is -2.06. The molecule has 4 rings (SSSR count). The highest BCUT2D eigenvalue weighted by Crippen LogP contribution is 2.21. The first-order chi connectivity index (χ1) is 15.0. The summed E-state index contributed by atoms with van der Waals surface area (Å²) in [6, 6.07) is 6.15. The maximum absolute atomic E-state index is 12.7. The summed E-state index contributed by atoms with van der Waals surface area (Å²) in [7, 11) is -3.56. The summed E-state index contributed by atoms with van der Waals surface area (Å²) in [5.74, 6) is -0.111. The number of rotatable bonds is 8. The normalized spacial score (nSPS) is 20.1. The lowest BCUT2D eigenvalue weighted by molar-refractivity contribution is -0.113. The van der Waals surface area contributed by atoms with Crippen molar-refractivity contribution >= 4 is 33.4 Å². The second kappa shape index (κ2) is 10.0. The third-order valence-corrected chi connectivity index (χ3v) is 7.85. The van der Waals surface area contributed by atoms with Crippen molar-refractivity contribution in [3.05, 3.63) is 24.3 Å². The van der Waals surface area contributed by atoms with Gasteiger partial charge in [-0.2, -0.15) is 4.31 Å². The third kappa shape index (κ3) is 5.60. The van der Waals surface area contributed by atoms with Crippen LogP contribution in [0.15, 0.2) is 34.3 Å². The summed E-state index contributed by atoms with van der Waals surface area (Å²) < 4.78 is 39.2. The van der Waals surface area contributed by atoms with Gasteiger partial charge in [0.2, 0.25) is 21.1 Å². The second-order valence-corrected chi connectivity index (χ2v) is 10.0. The Labute approximate surface area is 184 Å². The minimum atomic E-state index is -3.56. The molecule has 2 aliphatic rings. The molecule has 2 aromatic rings. The number of carbonyl (C=O) groups excluding carboxylic acids is 1. The number of ether oxygens (including phenoxy) is 2. The fourth-order valence-corrected chi connectivity index (χ4v) is 5.46. The summed E-state index contributed by atoms with van der Waals surface area (Å²) in [5.41, 5.74) is 0.519. The van der Waals surface area contributed by atoms with E-state index in [4.69, 9.17) is 9.47 Å². The van der Waals surface area contributed by atoms with Crippen LogP contribution >= 0.6 is 11.8 Å². The van der Waals surface area contributed by atoms with Crippen LogP contribution in [-0.2, 0) is 30.8 Å². The molecule has 0 unspecified atom stereocenters. The number of aromatic nitrogens is 4. The first-order valence-electron chi connectivity index (χ1n) is 10.0. The molecule has 1 aromatic carbocycles. The first kappa shape index (κ1) is 22.1. The van der Waals surface area contributed by atoms with E-state index in [-0.39, 0.29) is 22.7 Å². The predicted octanol–water partition coefficient (Wildman–Crippen LogP) is 0.604. The number of thioether (sulfide) groups is 1. The first-order valence-corrected chi connectivity index (χ1v) is 12.4. The number of benzene rings is 1. The Balaban J connectivity index is 1.30. The zero-order valence-electron chi connectivity index (χ0n) is 16.8. The van der Waals surface area contributed by atoms with Crippen LogP contribution in [0.1, 0.15) is 12.8 Å². The van der Waals surface area contributed by atoms with Gasteiger partial charge in [0.1, 0.15) is 0 Å². The van der Waals surface area contributed by atoms with Crippen molar-refractivity contribution < 1.29 is 22.7 Å². The number of hydrogen-bond acceptors (Lipinski definition) is 9. The van der Waals surface area contributed by atoms with Crippen molar-refractivity contribution in [3.63, 3.8) is 0 Å². The minimum Gasteiger partial charge on any atom is -0.379 e. The van der Waals surface area contributed by atoms with Crippen molar-refractivity contribution in [3.8, 4) is 0 Å². The van der Waals surface area contributed by atoms with Crippen molar-refractivity contribution in [1.82, 2.24) is 24.5 Å². The summed E-state index contributed by atoms with van der Waals surface area (Å²) >= 11 is 1.24. The van der Waals surface area contributed by atoms with Crippen molar-refractivity contribution in [2.24, 2.45) is 0 Å². The van der Waals surface area contributed by atoms with Gasteiger partial charge >= 0.3 is 0 Å². The fraction of sp³-hybridized carbons (Fsp3) is 0.556. The summed E-state index contributed by atoms with van der Waals surface area (Å²) in [6.07, 6.45) is 2.11. The number of tetrazole rings is 1. The second-order valence-electron chi connectivity index (χ2n) is 7.16. The molecule has 2 aliphatic heterocycles. The number of nitrogens with zero attached hydrogens (tertiary/aromatic N) is 5. The Kier molecular flexibility index (Phi) is 7.17. The van der Waals surface area contributed by atoms with E-state index in [1.165, 1.54) is 28.2 Å². The zero-order valence-corrected chi connectivity index (χ0v) is 18.5. The van der Waals surface area contributed by atoms with E-state index in [0.717, 1.165) is 19.4 Å². The molecule has 3 heterocycles. The van der Waals surface area contributed by atoms with Gasteiger partial charge in [-0.15, -0.1) is 5.10 Å². The van der Waals surface area contributed by atoms with Gasteiger partial charge < -0.3 is 14.8 Å². The maximum Gasteiger partial charge on any atom is 0.243 e. The molecule has 1 atom stereocenters. The smallest absolute Gasteiger partial charge is 0.243 e. The molecule has 0 radical (unpaired) electrons. The molecule has 0 spiro atoms. The molecule has 0 saturated carbocycles. The van der Waals surface area contributed by atoms with E-state index >= 15 is 0 Å². The van der Waals surface area contributed by atoms with Crippen LogP contribution in [0.2, 0.25) is 0 Å². The molecule has 1 amide bonds. The van der Waals surface area contributed by atoms with Crippen LogP contribution in [0.5, 0.6) is 0 Å². The van der Waals surface area contributed by atoms with Crippen molar-refractivity contribution in [1.29, 1.82) is 0 Å². The van der Waals surface area contributed by atoms with E-state index in [1.54, 1.807) is 16.8 Å². The number of morpholine rings is 1. The molecule has 0 bridgehead atoms. The van der Waals surface area contributed by atoms with E-state index in [0.29, 0.717) is 43.7 Å². The SMILES string of the molecule is O=C(CSc1nnnn1C[C@@H]1CCCO1)Nc1ccc(S(=O)(=O)N2CCOCC2)cc1. The van der Waals surface area contributed by atoms with Crippen LogP contribution in [0.3, 0.4) is 0 Å². The number of anilines is 1. The topological polar surface area (TPSA) is 129 Å². The van der Waals surface area contributed by atoms with E-state index in [9.17, 15) is 13.2 Å². The van der Waals surface area contributed by atoms with Gasteiger partial charge in [0.15, 0.2) is 0 Å². The molecule has 11 nitrogen and oxygen atoms in total. The average molecular weight is 469 g/mol. The van der Waals surface area contributed by atoms with Gasteiger partial charge in [-0.1, -0.05) is 11.8 Å². The number of amides is 1. The Morgan fingerprint density at radius 1 is 1.19 bits per heavy atom. The number of sulfonamides is 1. The predicted molar refractivity (Wildman–Crippen MR) is 112 cm³/mol. The quantitative estimate of drug-likeness (QED) is 0.554. The van der Waals surface area contributed by atoms with E-state index in [1.807, 2.05) is 0 Å². The standard InChI is InChI=1S/C18H24N6O5S2/c25-17(13-30-18-20-21-22-24(18)12-15-2-1-9-29-15)19-14-3-5-16(6-4-14)31(26,27)23-7-10-28-11-8-23/h3-6,15H,1-2,7-13H2,(H,19,25)/t15-/m0/s1. The monoisotopic (exact) mass is 468 g/mol. The van der Waals surface area contributed by atoms with Crippen LogP contribution in [0.4, 0.5) is 5.69 Å². The fourth-order valence-electron chi connectivity index (χ4n) is 3.37. The molecule has 31 heavy (non-hydrogen) atoms. The highest BCUT2D eigenvalue weighted by atomic mass is 32.2. The van der Waals surface area contributed by atoms with Crippen LogP contribution in [0.25, 0.3) is 0 Å². The number of carbonyl (C=O) groups is 1. The largest absolute Gasteiger partial charge is 0.379 e. The molecule has 0 aliphatic carbocycles. The van der Waals surface area contributed by atoms with Crippen LogP contribution in [0, 0.1) is 0 Å². The molecular weight excluding hydrogens is 444 g/mol.